The molecule has 0 spiro atoms. The smallest absolute Gasteiger partial charge is 0.269 e. The minimum atomic E-state index is -0.436. The molecule has 0 fully saturated rings. The van der Waals surface area contributed by atoms with Crippen LogP contribution in [0.1, 0.15) is 23.6 Å². The van der Waals surface area contributed by atoms with Crippen molar-refractivity contribution in [2.45, 2.75) is 13.5 Å². The summed E-state index contributed by atoms with van der Waals surface area (Å²) in [6, 6.07) is 11.7. The molecule has 0 radical (unpaired) electrons. The van der Waals surface area contributed by atoms with Crippen molar-refractivity contribution in [3.05, 3.63) is 74.3 Å². The third-order valence-corrected chi connectivity index (χ3v) is 3.91. The van der Waals surface area contributed by atoms with E-state index in [0.29, 0.717) is 24.0 Å². The number of rotatable bonds is 4. The summed E-state index contributed by atoms with van der Waals surface area (Å²) in [4.78, 5) is 15.5. The third kappa shape index (κ3) is 3.77. The van der Waals surface area contributed by atoms with Gasteiger partial charge in [-0.1, -0.05) is 22.8 Å². The van der Waals surface area contributed by atoms with Crippen molar-refractivity contribution in [2.24, 2.45) is 10.3 Å². The second-order valence-corrected chi connectivity index (χ2v) is 5.74. The van der Waals surface area contributed by atoms with Gasteiger partial charge >= 0.3 is 0 Å². The van der Waals surface area contributed by atoms with Gasteiger partial charge in [0.15, 0.2) is 5.84 Å². The Morgan fingerprint density at radius 2 is 2.12 bits per heavy atom. The van der Waals surface area contributed by atoms with Crippen LogP contribution < -0.4 is 0 Å². The van der Waals surface area contributed by atoms with Gasteiger partial charge in [-0.3, -0.25) is 10.1 Å². The van der Waals surface area contributed by atoms with Crippen LogP contribution in [-0.4, -0.2) is 28.5 Å². The highest BCUT2D eigenvalue weighted by Crippen LogP contribution is 2.23. The van der Waals surface area contributed by atoms with E-state index in [9.17, 15) is 10.1 Å². The molecule has 7 nitrogen and oxygen atoms in total. The van der Waals surface area contributed by atoms with Crippen molar-refractivity contribution in [3.63, 3.8) is 0 Å². The fraction of sp³-hybridized carbons (Fsp3) is 0.176. The van der Waals surface area contributed by atoms with E-state index in [1.54, 1.807) is 23.4 Å². The Kier molecular flexibility index (Phi) is 4.95. The molecular weight excluding hydrogens is 344 g/mol. The maximum Gasteiger partial charge on any atom is 0.269 e. The average Bonchev–Trinajstić information content (AvgIpc) is 2.62. The van der Waals surface area contributed by atoms with Crippen molar-refractivity contribution >= 4 is 29.3 Å². The van der Waals surface area contributed by atoms with Crippen LogP contribution in [0.4, 0.5) is 5.69 Å². The highest BCUT2D eigenvalue weighted by Gasteiger charge is 2.20. The molecule has 1 aliphatic heterocycles. The van der Waals surface area contributed by atoms with Gasteiger partial charge in [0.2, 0.25) is 0 Å². The Balaban J connectivity index is 1.84. The minimum Gasteiger partial charge on any atom is -0.389 e. The quantitative estimate of drug-likeness (QED) is 0.473. The van der Waals surface area contributed by atoms with Gasteiger partial charge < -0.3 is 4.84 Å². The van der Waals surface area contributed by atoms with E-state index in [2.05, 4.69) is 10.3 Å². The number of amidine groups is 1. The van der Waals surface area contributed by atoms with Crippen molar-refractivity contribution < 1.29 is 9.76 Å². The molecule has 0 aromatic heterocycles. The molecule has 0 amide bonds. The van der Waals surface area contributed by atoms with Crippen molar-refractivity contribution in [1.29, 1.82) is 0 Å². The van der Waals surface area contributed by atoms with Gasteiger partial charge in [0.25, 0.3) is 5.69 Å². The first-order chi connectivity index (χ1) is 12.1. The third-order valence-electron chi connectivity index (χ3n) is 3.68. The highest BCUT2D eigenvalue weighted by atomic mass is 35.5. The standard InChI is InChI=1S/C17H15ClN4O3/c1-2-21(19-10-12-3-7-15(8-4-12)22(23)24)17-16-9-14(18)6-5-13(16)11-25-20-17/h3-10H,2,11H2,1H3. The molecule has 0 aliphatic carbocycles. The first-order valence-corrected chi connectivity index (χ1v) is 8.01. The molecule has 2 aromatic rings. The lowest BCUT2D eigenvalue weighted by molar-refractivity contribution is -0.384. The summed E-state index contributed by atoms with van der Waals surface area (Å²) in [6.07, 6.45) is 1.62. The van der Waals surface area contributed by atoms with Crippen LogP contribution in [-0.2, 0) is 11.4 Å². The summed E-state index contributed by atoms with van der Waals surface area (Å²) in [5.41, 5.74) is 2.64. The molecule has 1 aliphatic rings. The normalized spacial score (nSPS) is 13.1. The highest BCUT2D eigenvalue weighted by molar-refractivity contribution is 6.31. The number of benzene rings is 2. The molecule has 0 atom stereocenters. The Labute approximate surface area is 149 Å². The van der Waals surface area contributed by atoms with Crippen LogP contribution in [0, 0.1) is 10.1 Å². The Hall–Kier alpha value is -2.93. The topological polar surface area (TPSA) is 80.3 Å². The van der Waals surface area contributed by atoms with Gasteiger partial charge in [-0.2, -0.15) is 5.10 Å². The van der Waals surface area contributed by atoms with Crippen LogP contribution in [0.5, 0.6) is 0 Å². The lowest BCUT2D eigenvalue weighted by Crippen LogP contribution is -2.30. The molecule has 0 saturated carbocycles. The summed E-state index contributed by atoms with van der Waals surface area (Å²) in [5.74, 6) is 0.574. The number of hydrogen-bond donors (Lipinski definition) is 0. The molecule has 0 N–H and O–H groups in total. The first-order valence-electron chi connectivity index (χ1n) is 7.63. The number of halogens is 1. The molecule has 25 heavy (non-hydrogen) atoms. The van der Waals surface area contributed by atoms with Crippen LogP contribution >= 0.6 is 11.6 Å². The monoisotopic (exact) mass is 358 g/mol. The number of nitro benzene ring substituents is 1. The molecular formula is C17H15ClN4O3. The van der Waals surface area contributed by atoms with Gasteiger partial charge in [0.05, 0.1) is 11.1 Å². The summed E-state index contributed by atoms with van der Waals surface area (Å²) in [6.45, 7) is 2.89. The SMILES string of the molecule is CCN(N=Cc1ccc([N+](=O)[O-])cc1)C1=NOCc2ccc(Cl)cc21. The van der Waals surface area contributed by atoms with Crippen molar-refractivity contribution in [2.75, 3.05) is 6.54 Å². The maximum absolute atomic E-state index is 10.7. The molecule has 3 rings (SSSR count). The molecule has 0 unspecified atom stereocenters. The number of oxime groups is 1. The number of hydrogen-bond acceptors (Lipinski definition) is 6. The zero-order valence-corrected chi connectivity index (χ0v) is 14.2. The summed E-state index contributed by atoms with van der Waals surface area (Å²) >= 11 is 6.10. The van der Waals surface area contributed by atoms with Crippen molar-refractivity contribution in [3.8, 4) is 0 Å². The van der Waals surface area contributed by atoms with E-state index in [1.165, 1.54) is 12.1 Å². The van der Waals surface area contributed by atoms with Crippen LogP contribution in [0.2, 0.25) is 5.02 Å². The van der Waals surface area contributed by atoms with Crippen molar-refractivity contribution in [1.82, 2.24) is 5.01 Å². The van der Waals surface area contributed by atoms with Gasteiger partial charge in [-0.15, -0.1) is 0 Å². The molecule has 8 heteroatoms. The van der Waals surface area contributed by atoms with E-state index in [-0.39, 0.29) is 5.69 Å². The van der Waals surface area contributed by atoms with E-state index in [4.69, 9.17) is 16.4 Å². The molecule has 1 heterocycles. The summed E-state index contributed by atoms with van der Waals surface area (Å²) in [7, 11) is 0. The van der Waals surface area contributed by atoms with Gasteiger partial charge in [-0.05, 0) is 36.8 Å². The number of nitro groups is 1. The predicted octanol–water partition coefficient (Wildman–Crippen LogP) is 3.80. The van der Waals surface area contributed by atoms with Gasteiger partial charge in [-0.25, -0.2) is 5.01 Å². The largest absolute Gasteiger partial charge is 0.389 e. The van der Waals surface area contributed by atoms with Crippen LogP contribution in [0.25, 0.3) is 0 Å². The lowest BCUT2D eigenvalue weighted by Gasteiger charge is -2.23. The number of hydrazone groups is 1. The van der Waals surface area contributed by atoms with Crippen LogP contribution in [0.3, 0.4) is 0 Å². The second kappa shape index (κ2) is 7.31. The zero-order valence-electron chi connectivity index (χ0n) is 13.4. The van der Waals surface area contributed by atoms with E-state index in [1.807, 2.05) is 25.1 Å². The molecule has 0 bridgehead atoms. The first kappa shape index (κ1) is 16.9. The number of fused-ring (bicyclic) bond motifs is 1. The van der Waals surface area contributed by atoms with Gasteiger partial charge in [0, 0.05) is 34.8 Å². The molecule has 2 aromatic carbocycles. The fourth-order valence-electron chi connectivity index (χ4n) is 2.39. The second-order valence-electron chi connectivity index (χ2n) is 5.30. The number of non-ortho nitro benzene ring substituents is 1. The Morgan fingerprint density at radius 1 is 1.36 bits per heavy atom. The fourth-order valence-corrected chi connectivity index (χ4v) is 2.56. The zero-order chi connectivity index (χ0) is 17.8. The van der Waals surface area contributed by atoms with E-state index < -0.39 is 4.92 Å². The minimum absolute atomic E-state index is 0.0399. The number of nitrogens with zero attached hydrogens (tertiary/aromatic N) is 4. The predicted molar refractivity (Wildman–Crippen MR) is 95.8 cm³/mol. The maximum atomic E-state index is 10.7. The molecule has 0 saturated heterocycles. The van der Waals surface area contributed by atoms with E-state index >= 15 is 0 Å². The summed E-state index contributed by atoms with van der Waals surface area (Å²) in [5, 5.41) is 21.5. The Morgan fingerprint density at radius 3 is 2.80 bits per heavy atom. The van der Waals surface area contributed by atoms with Gasteiger partial charge in [0.1, 0.15) is 6.61 Å². The summed E-state index contributed by atoms with van der Waals surface area (Å²) < 4.78 is 0. The Bertz CT molecular complexity index is 849. The van der Waals surface area contributed by atoms with Crippen LogP contribution in [0.15, 0.2) is 52.7 Å². The molecule has 128 valence electrons. The average molecular weight is 359 g/mol. The van der Waals surface area contributed by atoms with E-state index in [0.717, 1.165) is 16.7 Å². The lowest BCUT2D eigenvalue weighted by atomic mass is 10.1.